The molecule has 23 heavy (non-hydrogen) atoms. The highest BCUT2D eigenvalue weighted by Gasteiger charge is 2.33. The van der Waals surface area contributed by atoms with Crippen LogP contribution in [0, 0.1) is 6.92 Å². The van der Waals surface area contributed by atoms with E-state index in [2.05, 4.69) is 20.3 Å². The number of rotatable bonds is 3. The SMILES string of the molecule is Cc1oc2c(c1C(=O)NCc1cccnc1)C1=NCCN1C=N2. The molecule has 2 aromatic heterocycles. The van der Waals surface area contributed by atoms with E-state index in [1.807, 2.05) is 17.0 Å². The molecule has 0 fully saturated rings. The van der Waals surface area contributed by atoms with Gasteiger partial charge in [0.1, 0.15) is 17.9 Å². The molecule has 0 atom stereocenters. The lowest BCUT2D eigenvalue weighted by Gasteiger charge is -2.18. The van der Waals surface area contributed by atoms with Crippen molar-refractivity contribution in [2.75, 3.05) is 13.1 Å². The molecule has 0 bridgehead atoms. The maximum atomic E-state index is 12.6. The van der Waals surface area contributed by atoms with Crippen molar-refractivity contribution < 1.29 is 9.21 Å². The second kappa shape index (κ2) is 5.35. The molecule has 1 amide bonds. The minimum Gasteiger partial charge on any atom is -0.442 e. The number of amidine groups is 1. The number of fused-ring (bicyclic) bond motifs is 3. The zero-order valence-electron chi connectivity index (χ0n) is 12.6. The molecule has 2 aliphatic heterocycles. The van der Waals surface area contributed by atoms with Crippen LogP contribution in [0.4, 0.5) is 5.88 Å². The Bertz CT molecular complexity index is 822. The average Bonchev–Trinajstić information content (AvgIpc) is 3.16. The second-order valence-electron chi connectivity index (χ2n) is 5.40. The lowest BCUT2D eigenvalue weighted by atomic mass is 10.1. The highest BCUT2D eigenvalue weighted by molar-refractivity contribution is 6.17. The summed E-state index contributed by atoms with van der Waals surface area (Å²) in [5.41, 5.74) is 2.13. The third kappa shape index (κ3) is 2.30. The summed E-state index contributed by atoms with van der Waals surface area (Å²) in [6.07, 6.45) is 5.13. The van der Waals surface area contributed by atoms with Crippen molar-refractivity contribution in [3.8, 4) is 0 Å². The predicted molar refractivity (Wildman–Crippen MR) is 85.1 cm³/mol. The van der Waals surface area contributed by atoms with Crippen LogP contribution < -0.4 is 5.32 Å². The molecule has 4 heterocycles. The standard InChI is InChI=1S/C16H15N5O2/c1-10-12(15(22)19-8-11-3-2-4-17-7-11)13-14-18-5-6-21(14)9-20-16(13)23-10/h2-4,7,9H,5-6,8H2,1H3,(H,19,22). The summed E-state index contributed by atoms with van der Waals surface area (Å²) in [5, 5.41) is 2.91. The Morgan fingerprint density at radius 1 is 1.48 bits per heavy atom. The lowest BCUT2D eigenvalue weighted by Crippen LogP contribution is -2.32. The van der Waals surface area contributed by atoms with Gasteiger partial charge in [-0.3, -0.25) is 14.8 Å². The predicted octanol–water partition coefficient (Wildman–Crippen LogP) is 1.65. The summed E-state index contributed by atoms with van der Waals surface area (Å²) in [7, 11) is 0. The molecule has 7 nitrogen and oxygen atoms in total. The number of nitrogens with zero attached hydrogens (tertiary/aromatic N) is 4. The molecule has 7 heteroatoms. The first-order chi connectivity index (χ1) is 11.2. The van der Waals surface area contributed by atoms with Gasteiger partial charge < -0.3 is 14.6 Å². The largest absolute Gasteiger partial charge is 0.442 e. The number of hydrogen-bond acceptors (Lipinski definition) is 6. The van der Waals surface area contributed by atoms with E-state index in [0.717, 1.165) is 17.9 Å². The van der Waals surface area contributed by atoms with Crippen LogP contribution in [0.1, 0.15) is 27.2 Å². The molecule has 116 valence electrons. The Morgan fingerprint density at radius 3 is 3.22 bits per heavy atom. The fraction of sp³-hybridized carbons (Fsp3) is 0.250. The lowest BCUT2D eigenvalue weighted by molar-refractivity contribution is 0.0949. The van der Waals surface area contributed by atoms with Crippen molar-refractivity contribution in [1.82, 2.24) is 15.2 Å². The Morgan fingerprint density at radius 2 is 2.39 bits per heavy atom. The Kier molecular flexibility index (Phi) is 3.18. The van der Waals surface area contributed by atoms with Gasteiger partial charge in [-0.15, -0.1) is 0 Å². The number of pyridine rings is 1. The summed E-state index contributed by atoms with van der Waals surface area (Å²) in [4.78, 5) is 27.4. The number of aryl methyl sites for hydroxylation is 1. The molecule has 1 N–H and O–H groups in total. The first-order valence-corrected chi connectivity index (χ1v) is 7.40. The summed E-state index contributed by atoms with van der Waals surface area (Å²) < 4.78 is 5.64. The van der Waals surface area contributed by atoms with Gasteiger partial charge in [-0.1, -0.05) is 6.07 Å². The third-order valence-electron chi connectivity index (χ3n) is 3.88. The first-order valence-electron chi connectivity index (χ1n) is 7.40. The topological polar surface area (TPSA) is 83.1 Å². The van der Waals surface area contributed by atoms with Crippen molar-refractivity contribution in [3.63, 3.8) is 0 Å². The molecular weight excluding hydrogens is 294 g/mol. The van der Waals surface area contributed by atoms with Crippen molar-refractivity contribution in [2.24, 2.45) is 9.98 Å². The van der Waals surface area contributed by atoms with E-state index in [1.165, 1.54) is 0 Å². The number of carbonyl (C=O) groups is 1. The number of amides is 1. The van der Waals surface area contributed by atoms with Crippen LogP contribution in [0.25, 0.3) is 0 Å². The van der Waals surface area contributed by atoms with Crippen LogP contribution in [0.2, 0.25) is 0 Å². The van der Waals surface area contributed by atoms with Crippen LogP contribution >= 0.6 is 0 Å². The summed E-state index contributed by atoms with van der Waals surface area (Å²) in [6.45, 7) is 3.65. The van der Waals surface area contributed by atoms with E-state index in [4.69, 9.17) is 4.42 Å². The minimum absolute atomic E-state index is 0.192. The molecule has 0 spiro atoms. The monoisotopic (exact) mass is 309 g/mol. The van der Waals surface area contributed by atoms with E-state index >= 15 is 0 Å². The van der Waals surface area contributed by atoms with Crippen molar-refractivity contribution in [1.29, 1.82) is 0 Å². The van der Waals surface area contributed by atoms with Gasteiger partial charge >= 0.3 is 0 Å². The molecule has 0 radical (unpaired) electrons. The van der Waals surface area contributed by atoms with E-state index in [0.29, 0.717) is 35.9 Å². The summed E-state index contributed by atoms with van der Waals surface area (Å²) >= 11 is 0. The van der Waals surface area contributed by atoms with Crippen molar-refractivity contribution in [2.45, 2.75) is 13.5 Å². The quantitative estimate of drug-likeness (QED) is 0.934. The van der Waals surface area contributed by atoms with Gasteiger partial charge in [-0.2, -0.15) is 0 Å². The zero-order valence-corrected chi connectivity index (χ0v) is 12.6. The Hall–Kier alpha value is -2.96. The van der Waals surface area contributed by atoms with E-state index < -0.39 is 0 Å². The van der Waals surface area contributed by atoms with E-state index in [1.54, 1.807) is 25.7 Å². The second-order valence-corrected chi connectivity index (χ2v) is 5.40. The van der Waals surface area contributed by atoms with Gasteiger partial charge in [0.2, 0.25) is 5.88 Å². The van der Waals surface area contributed by atoms with Gasteiger partial charge in [-0.25, -0.2) is 4.99 Å². The van der Waals surface area contributed by atoms with Gasteiger partial charge in [0.15, 0.2) is 0 Å². The number of furan rings is 1. The van der Waals surface area contributed by atoms with Gasteiger partial charge in [0.05, 0.1) is 17.7 Å². The molecule has 0 saturated heterocycles. The zero-order chi connectivity index (χ0) is 15.8. The average molecular weight is 309 g/mol. The molecule has 2 aromatic rings. The van der Waals surface area contributed by atoms with E-state index in [9.17, 15) is 4.79 Å². The van der Waals surface area contributed by atoms with Crippen LogP contribution in [0.15, 0.2) is 38.9 Å². The molecule has 4 rings (SSSR count). The van der Waals surface area contributed by atoms with E-state index in [-0.39, 0.29) is 5.91 Å². The maximum Gasteiger partial charge on any atom is 0.255 e. The van der Waals surface area contributed by atoms with Gasteiger partial charge in [0, 0.05) is 25.5 Å². The Balaban J connectivity index is 1.63. The minimum atomic E-state index is -0.192. The van der Waals surface area contributed by atoms with Crippen LogP contribution in [-0.2, 0) is 6.54 Å². The fourth-order valence-electron chi connectivity index (χ4n) is 2.79. The number of carbonyl (C=O) groups excluding carboxylic acids is 1. The Labute approximate surface area is 132 Å². The summed E-state index contributed by atoms with van der Waals surface area (Å²) in [6, 6.07) is 3.75. The summed E-state index contributed by atoms with van der Waals surface area (Å²) in [5.74, 6) is 1.57. The number of aliphatic imine (C=N–C) groups is 2. The van der Waals surface area contributed by atoms with Gasteiger partial charge in [-0.05, 0) is 18.6 Å². The maximum absolute atomic E-state index is 12.6. The van der Waals surface area contributed by atoms with Crippen LogP contribution in [0.5, 0.6) is 0 Å². The fourth-order valence-corrected chi connectivity index (χ4v) is 2.79. The van der Waals surface area contributed by atoms with Crippen LogP contribution in [0.3, 0.4) is 0 Å². The highest BCUT2D eigenvalue weighted by Crippen LogP contribution is 2.34. The molecule has 0 aromatic carbocycles. The smallest absolute Gasteiger partial charge is 0.255 e. The highest BCUT2D eigenvalue weighted by atomic mass is 16.4. The van der Waals surface area contributed by atoms with Crippen LogP contribution in [-0.4, -0.2) is 41.1 Å². The van der Waals surface area contributed by atoms with Gasteiger partial charge in [0.25, 0.3) is 5.91 Å². The third-order valence-corrected chi connectivity index (χ3v) is 3.88. The molecule has 2 aliphatic rings. The number of hydrogen-bond donors (Lipinski definition) is 1. The first kappa shape index (κ1) is 13.7. The molecule has 0 aliphatic carbocycles. The number of nitrogens with one attached hydrogen (secondary N) is 1. The van der Waals surface area contributed by atoms with Crippen molar-refractivity contribution in [3.05, 3.63) is 47.0 Å². The number of aromatic nitrogens is 1. The molecular formula is C16H15N5O2. The van der Waals surface area contributed by atoms with Crippen molar-refractivity contribution >= 4 is 24.0 Å². The molecule has 0 unspecified atom stereocenters. The molecule has 0 saturated carbocycles. The normalized spacial score (nSPS) is 15.2.